The van der Waals surface area contributed by atoms with E-state index in [9.17, 15) is 0 Å². The molecule has 0 aliphatic carbocycles. The van der Waals surface area contributed by atoms with Crippen LogP contribution in [0.4, 0.5) is 0 Å². The number of aromatic nitrogens is 1. The molecule has 60 valence electrons. The number of hydrogen-bond acceptors (Lipinski definition) is 1. The molecule has 1 aromatic carbocycles. The Labute approximate surface area is 76.0 Å². The third kappa shape index (κ3) is 1.16. The molecule has 0 bridgehead atoms. The number of halogens is 1. The van der Waals surface area contributed by atoms with Crippen molar-refractivity contribution in [3.05, 3.63) is 41.0 Å². The summed E-state index contributed by atoms with van der Waals surface area (Å²) in [5.74, 6) is 0. The van der Waals surface area contributed by atoms with Gasteiger partial charge in [0.25, 0.3) is 0 Å². The highest BCUT2D eigenvalue weighted by molar-refractivity contribution is 6.35. The van der Waals surface area contributed by atoms with Crippen molar-refractivity contribution in [1.82, 2.24) is 4.98 Å². The molecule has 0 saturated heterocycles. The Morgan fingerprint density at radius 3 is 3.00 bits per heavy atom. The maximum Gasteiger partial charge on any atom is 0.0888 e. The second kappa shape index (κ2) is 2.76. The summed E-state index contributed by atoms with van der Waals surface area (Å²) in [7, 11) is 0. The minimum Gasteiger partial charge on any atom is -0.255 e. The molecular formula is C10H8ClN. The predicted molar refractivity (Wildman–Crippen MR) is 51.5 cm³/mol. The van der Waals surface area contributed by atoms with Crippen molar-refractivity contribution in [1.29, 1.82) is 0 Å². The molecule has 0 aliphatic rings. The second-order valence-electron chi connectivity index (χ2n) is 2.82. The van der Waals surface area contributed by atoms with Gasteiger partial charge in [-0.15, -0.1) is 0 Å². The van der Waals surface area contributed by atoms with Gasteiger partial charge in [0.1, 0.15) is 0 Å². The van der Waals surface area contributed by atoms with Gasteiger partial charge in [-0.25, -0.2) is 0 Å². The average molecular weight is 178 g/mol. The van der Waals surface area contributed by atoms with E-state index in [1.807, 2.05) is 25.1 Å². The van der Waals surface area contributed by atoms with Gasteiger partial charge >= 0.3 is 0 Å². The molecule has 1 heterocycles. The van der Waals surface area contributed by atoms with E-state index in [-0.39, 0.29) is 0 Å². The fourth-order valence-corrected chi connectivity index (χ4v) is 1.62. The summed E-state index contributed by atoms with van der Waals surface area (Å²) in [5.41, 5.74) is 2.05. The minimum absolute atomic E-state index is 0.727. The van der Waals surface area contributed by atoms with Crippen molar-refractivity contribution in [2.45, 2.75) is 6.92 Å². The Morgan fingerprint density at radius 1 is 1.33 bits per heavy atom. The molecular weight excluding hydrogens is 170 g/mol. The van der Waals surface area contributed by atoms with Gasteiger partial charge in [0, 0.05) is 11.6 Å². The van der Waals surface area contributed by atoms with Crippen molar-refractivity contribution in [2.75, 3.05) is 0 Å². The summed E-state index contributed by atoms with van der Waals surface area (Å²) in [6, 6.07) is 7.93. The average Bonchev–Trinajstić information content (AvgIpc) is 2.04. The molecule has 0 amide bonds. The molecule has 0 N–H and O–H groups in total. The molecule has 0 saturated carbocycles. The molecule has 1 aromatic heterocycles. The molecule has 0 radical (unpaired) electrons. The Bertz CT molecular complexity index is 423. The quantitative estimate of drug-likeness (QED) is 0.602. The summed E-state index contributed by atoms with van der Waals surface area (Å²) < 4.78 is 0. The molecule has 2 aromatic rings. The lowest BCUT2D eigenvalue weighted by molar-refractivity contribution is 1.39. The SMILES string of the molecule is Cc1cc(Cl)c2ncccc2c1. The number of fused-ring (bicyclic) bond motifs is 1. The maximum absolute atomic E-state index is 6.00. The lowest BCUT2D eigenvalue weighted by atomic mass is 10.1. The third-order valence-corrected chi connectivity index (χ3v) is 2.09. The van der Waals surface area contributed by atoms with E-state index in [4.69, 9.17) is 11.6 Å². The highest BCUT2D eigenvalue weighted by Gasteiger charge is 1.99. The molecule has 12 heavy (non-hydrogen) atoms. The first-order valence-corrected chi connectivity index (χ1v) is 4.16. The van der Waals surface area contributed by atoms with E-state index in [0.29, 0.717) is 0 Å². The summed E-state index contributed by atoms with van der Waals surface area (Å²) in [5, 5.41) is 1.83. The predicted octanol–water partition coefficient (Wildman–Crippen LogP) is 3.20. The van der Waals surface area contributed by atoms with Crippen molar-refractivity contribution in [3.8, 4) is 0 Å². The first kappa shape index (κ1) is 7.56. The van der Waals surface area contributed by atoms with Gasteiger partial charge in [-0.05, 0) is 30.7 Å². The lowest BCUT2D eigenvalue weighted by Gasteiger charge is -2.00. The van der Waals surface area contributed by atoms with Crippen LogP contribution in [0.1, 0.15) is 5.56 Å². The van der Waals surface area contributed by atoms with Crippen molar-refractivity contribution in [3.63, 3.8) is 0 Å². The topological polar surface area (TPSA) is 12.9 Å². The molecule has 0 atom stereocenters. The lowest BCUT2D eigenvalue weighted by Crippen LogP contribution is -1.80. The Balaban J connectivity index is 2.89. The van der Waals surface area contributed by atoms with Crippen LogP contribution in [-0.2, 0) is 0 Å². The van der Waals surface area contributed by atoms with E-state index >= 15 is 0 Å². The van der Waals surface area contributed by atoms with Crippen molar-refractivity contribution < 1.29 is 0 Å². The largest absolute Gasteiger partial charge is 0.255 e. The van der Waals surface area contributed by atoms with Crippen LogP contribution in [0.5, 0.6) is 0 Å². The zero-order chi connectivity index (χ0) is 8.55. The fourth-order valence-electron chi connectivity index (χ4n) is 1.29. The van der Waals surface area contributed by atoms with Crippen LogP contribution in [0.2, 0.25) is 5.02 Å². The zero-order valence-corrected chi connectivity index (χ0v) is 7.47. The highest BCUT2D eigenvalue weighted by atomic mass is 35.5. The Kier molecular flexibility index (Phi) is 1.74. The molecule has 1 nitrogen and oxygen atoms in total. The zero-order valence-electron chi connectivity index (χ0n) is 6.71. The van der Waals surface area contributed by atoms with Gasteiger partial charge in [0.2, 0.25) is 0 Å². The summed E-state index contributed by atoms with van der Waals surface area (Å²) in [4.78, 5) is 4.19. The number of pyridine rings is 1. The molecule has 2 rings (SSSR count). The summed E-state index contributed by atoms with van der Waals surface area (Å²) >= 11 is 6.00. The van der Waals surface area contributed by atoms with Gasteiger partial charge in [-0.3, -0.25) is 4.98 Å². The smallest absolute Gasteiger partial charge is 0.0888 e. The van der Waals surface area contributed by atoms with Gasteiger partial charge in [0.15, 0.2) is 0 Å². The van der Waals surface area contributed by atoms with Gasteiger partial charge < -0.3 is 0 Å². The van der Waals surface area contributed by atoms with E-state index in [1.165, 1.54) is 5.56 Å². The van der Waals surface area contributed by atoms with Gasteiger partial charge in [-0.2, -0.15) is 0 Å². The number of aryl methyl sites for hydroxylation is 1. The minimum atomic E-state index is 0.727. The Hall–Kier alpha value is -1.08. The van der Waals surface area contributed by atoms with Crippen molar-refractivity contribution in [2.24, 2.45) is 0 Å². The first-order chi connectivity index (χ1) is 5.77. The molecule has 0 unspecified atom stereocenters. The molecule has 0 spiro atoms. The third-order valence-electron chi connectivity index (χ3n) is 1.80. The summed E-state index contributed by atoms with van der Waals surface area (Å²) in [6.45, 7) is 2.03. The number of nitrogens with zero attached hydrogens (tertiary/aromatic N) is 1. The van der Waals surface area contributed by atoms with E-state index in [0.717, 1.165) is 15.9 Å². The van der Waals surface area contributed by atoms with Crippen LogP contribution in [-0.4, -0.2) is 4.98 Å². The molecule has 0 aliphatic heterocycles. The van der Waals surface area contributed by atoms with Crippen LogP contribution < -0.4 is 0 Å². The normalized spacial score (nSPS) is 10.5. The maximum atomic E-state index is 6.00. The fraction of sp³-hybridized carbons (Fsp3) is 0.100. The number of benzene rings is 1. The van der Waals surface area contributed by atoms with Crippen LogP contribution in [0.25, 0.3) is 10.9 Å². The number of rotatable bonds is 0. The second-order valence-corrected chi connectivity index (χ2v) is 3.23. The van der Waals surface area contributed by atoms with Crippen LogP contribution >= 0.6 is 11.6 Å². The van der Waals surface area contributed by atoms with Crippen molar-refractivity contribution >= 4 is 22.5 Å². The Morgan fingerprint density at radius 2 is 2.17 bits per heavy atom. The van der Waals surface area contributed by atoms with E-state index < -0.39 is 0 Å². The van der Waals surface area contributed by atoms with Gasteiger partial charge in [-0.1, -0.05) is 17.7 Å². The summed E-state index contributed by atoms with van der Waals surface area (Å²) in [6.07, 6.45) is 1.75. The van der Waals surface area contributed by atoms with Crippen LogP contribution in [0.3, 0.4) is 0 Å². The standard InChI is InChI=1S/C10H8ClN/c1-7-5-8-3-2-4-12-10(8)9(11)6-7/h2-6H,1H3. The van der Waals surface area contributed by atoms with E-state index in [1.54, 1.807) is 6.20 Å². The number of hydrogen-bond donors (Lipinski definition) is 0. The van der Waals surface area contributed by atoms with Gasteiger partial charge in [0.05, 0.1) is 10.5 Å². The van der Waals surface area contributed by atoms with Crippen LogP contribution in [0.15, 0.2) is 30.5 Å². The first-order valence-electron chi connectivity index (χ1n) is 3.78. The molecule has 0 fully saturated rings. The monoisotopic (exact) mass is 177 g/mol. The van der Waals surface area contributed by atoms with E-state index in [2.05, 4.69) is 11.1 Å². The highest BCUT2D eigenvalue weighted by Crippen LogP contribution is 2.22. The molecule has 2 heteroatoms. The van der Waals surface area contributed by atoms with Crippen LogP contribution in [0, 0.1) is 6.92 Å².